The number of rotatable bonds is 6. The van der Waals surface area contributed by atoms with E-state index in [0.717, 1.165) is 32.6 Å². The summed E-state index contributed by atoms with van der Waals surface area (Å²) in [5, 5.41) is 0.573. The summed E-state index contributed by atoms with van der Waals surface area (Å²) >= 11 is 1.47. The number of para-hydroxylation sites is 1. The van der Waals surface area contributed by atoms with E-state index in [4.69, 9.17) is 4.98 Å². The van der Waals surface area contributed by atoms with Crippen LogP contribution >= 0.6 is 11.3 Å². The summed E-state index contributed by atoms with van der Waals surface area (Å²) in [5.41, 5.74) is 5.84. The fourth-order valence-corrected chi connectivity index (χ4v) is 7.47. The Labute approximate surface area is 231 Å². The van der Waals surface area contributed by atoms with Crippen LogP contribution in [-0.2, 0) is 23.0 Å². The van der Waals surface area contributed by atoms with Crippen LogP contribution in [0.1, 0.15) is 32.7 Å². The second kappa shape index (κ2) is 9.91. The molecule has 7 nitrogen and oxygen atoms in total. The molecule has 0 saturated carbocycles. The molecule has 3 heterocycles. The number of hydrogen-bond acceptors (Lipinski definition) is 6. The highest BCUT2D eigenvalue weighted by molar-refractivity contribution is 7.92. The third-order valence-corrected chi connectivity index (χ3v) is 10.0. The fourth-order valence-electron chi connectivity index (χ4n) is 4.85. The number of nitrogens with zero attached hydrogens (tertiary/aromatic N) is 4. The molecule has 6 rings (SSSR count). The number of pyridine rings is 1. The molecule has 3 aromatic carbocycles. The molecule has 39 heavy (non-hydrogen) atoms. The van der Waals surface area contributed by atoms with Gasteiger partial charge < -0.3 is 0 Å². The van der Waals surface area contributed by atoms with E-state index < -0.39 is 10.0 Å². The average molecular weight is 555 g/mol. The minimum Gasteiger partial charge on any atom is -0.278 e. The number of aromatic nitrogens is 2. The van der Waals surface area contributed by atoms with Gasteiger partial charge in [-0.15, -0.1) is 0 Å². The largest absolute Gasteiger partial charge is 0.278 e. The predicted molar refractivity (Wildman–Crippen MR) is 155 cm³/mol. The maximum Gasteiger partial charge on any atom is 0.264 e. The summed E-state index contributed by atoms with van der Waals surface area (Å²) in [4.78, 5) is 24.9. The lowest BCUT2D eigenvalue weighted by atomic mass is 10.1. The van der Waals surface area contributed by atoms with Crippen molar-refractivity contribution in [3.05, 3.63) is 113 Å². The highest BCUT2D eigenvalue weighted by Crippen LogP contribution is 2.35. The number of anilines is 2. The zero-order chi connectivity index (χ0) is 27.1. The average Bonchev–Trinajstić information content (AvgIpc) is 3.60. The molecule has 1 aliphatic heterocycles. The Morgan fingerprint density at radius 3 is 2.44 bits per heavy atom. The predicted octanol–water partition coefficient (Wildman–Crippen LogP) is 5.91. The molecule has 9 heteroatoms. The molecule has 0 aliphatic carbocycles. The number of aryl methyl sites for hydroxylation is 2. The first-order valence-electron chi connectivity index (χ1n) is 12.6. The highest BCUT2D eigenvalue weighted by Gasteiger charge is 2.31. The zero-order valence-electron chi connectivity index (χ0n) is 21.5. The maximum absolute atomic E-state index is 13.9. The topological polar surface area (TPSA) is 83.5 Å². The van der Waals surface area contributed by atoms with Crippen LogP contribution in [0.25, 0.3) is 10.2 Å². The van der Waals surface area contributed by atoms with Gasteiger partial charge in [0.15, 0.2) is 5.13 Å². The minimum atomic E-state index is -3.75. The number of hydrogen-bond donors (Lipinski definition) is 0. The summed E-state index contributed by atoms with van der Waals surface area (Å²) < 4.78 is 29.4. The van der Waals surface area contributed by atoms with Crippen LogP contribution < -0.4 is 9.21 Å². The Kier molecular flexibility index (Phi) is 6.40. The molecule has 0 N–H and O–H groups in total. The smallest absolute Gasteiger partial charge is 0.264 e. The Balaban J connectivity index is 1.34. The molecule has 1 amide bonds. The monoisotopic (exact) mass is 554 g/mol. The first-order valence-corrected chi connectivity index (χ1v) is 14.9. The van der Waals surface area contributed by atoms with Gasteiger partial charge in [-0.25, -0.2) is 13.4 Å². The van der Waals surface area contributed by atoms with Gasteiger partial charge >= 0.3 is 0 Å². The Hall–Kier alpha value is -4.08. The number of sulfonamides is 1. The van der Waals surface area contributed by atoms with Crippen molar-refractivity contribution in [1.82, 2.24) is 9.97 Å². The van der Waals surface area contributed by atoms with Crippen molar-refractivity contribution in [2.45, 2.75) is 31.7 Å². The van der Waals surface area contributed by atoms with E-state index in [2.05, 4.69) is 11.1 Å². The molecule has 0 radical (unpaired) electrons. The van der Waals surface area contributed by atoms with Gasteiger partial charge in [0.05, 0.1) is 33.0 Å². The van der Waals surface area contributed by atoms with Crippen LogP contribution in [0.2, 0.25) is 0 Å². The number of amides is 1. The van der Waals surface area contributed by atoms with E-state index in [1.54, 1.807) is 23.2 Å². The van der Waals surface area contributed by atoms with Crippen LogP contribution in [0.4, 0.5) is 10.8 Å². The standard InChI is InChI=1S/C30H26N4O3S2/c1-20-10-11-21(2)28-27(20)32-30(38-28)33(19-24-8-5-6-17-31-24)29(35)23-12-14-25(15-13-23)39(36,37)34-18-16-22-7-3-4-9-26(22)34/h3-15,17H,16,18-19H2,1-2H3. The van der Waals surface area contributed by atoms with Crippen molar-refractivity contribution in [3.63, 3.8) is 0 Å². The summed E-state index contributed by atoms with van der Waals surface area (Å²) in [6, 6.07) is 23.4. The van der Waals surface area contributed by atoms with Crippen molar-refractivity contribution < 1.29 is 13.2 Å². The molecule has 196 valence electrons. The van der Waals surface area contributed by atoms with Gasteiger partial charge in [0, 0.05) is 18.3 Å². The van der Waals surface area contributed by atoms with Gasteiger partial charge in [-0.3, -0.25) is 19.0 Å². The SMILES string of the molecule is Cc1ccc(C)c2sc(N(Cc3ccccn3)C(=O)c3ccc(S(=O)(=O)N4CCc5ccccc54)cc3)nc12. The van der Waals surface area contributed by atoms with E-state index in [-0.39, 0.29) is 17.3 Å². The lowest BCUT2D eigenvalue weighted by molar-refractivity contribution is 0.0984. The fraction of sp³-hybridized carbons (Fsp3) is 0.167. The molecule has 0 bridgehead atoms. The van der Waals surface area contributed by atoms with Gasteiger partial charge in [0.2, 0.25) is 0 Å². The van der Waals surface area contributed by atoms with Gasteiger partial charge in [-0.05, 0) is 79.4 Å². The lowest BCUT2D eigenvalue weighted by Crippen LogP contribution is -2.31. The molecule has 2 aromatic heterocycles. The molecular weight excluding hydrogens is 528 g/mol. The second-order valence-corrected chi connectivity index (χ2v) is 12.4. The van der Waals surface area contributed by atoms with Gasteiger partial charge in [-0.2, -0.15) is 0 Å². The van der Waals surface area contributed by atoms with Crippen LogP contribution in [0.3, 0.4) is 0 Å². The van der Waals surface area contributed by atoms with E-state index in [1.165, 1.54) is 27.8 Å². The van der Waals surface area contributed by atoms with E-state index >= 15 is 0 Å². The van der Waals surface area contributed by atoms with Gasteiger partial charge in [0.25, 0.3) is 15.9 Å². The Morgan fingerprint density at radius 2 is 1.69 bits per heavy atom. The normalized spacial score (nSPS) is 13.0. The van der Waals surface area contributed by atoms with Crippen molar-refractivity contribution in [3.8, 4) is 0 Å². The Morgan fingerprint density at radius 1 is 0.949 bits per heavy atom. The van der Waals surface area contributed by atoms with E-state index in [9.17, 15) is 13.2 Å². The third kappa shape index (κ3) is 4.57. The number of benzene rings is 3. The molecule has 0 saturated heterocycles. The van der Waals surface area contributed by atoms with Crippen molar-refractivity contribution in [1.29, 1.82) is 0 Å². The van der Waals surface area contributed by atoms with Crippen LogP contribution in [0, 0.1) is 13.8 Å². The van der Waals surface area contributed by atoms with Crippen LogP contribution in [0.15, 0.2) is 90.0 Å². The Bertz CT molecular complexity index is 1760. The minimum absolute atomic E-state index is 0.151. The van der Waals surface area contributed by atoms with E-state index in [1.807, 2.05) is 62.4 Å². The molecule has 1 aliphatic rings. The molecule has 0 unspecified atom stereocenters. The molecular formula is C30H26N4O3S2. The van der Waals surface area contributed by atoms with Crippen molar-refractivity contribution in [2.24, 2.45) is 0 Å². The van der Waals surface area contributed by atoms with Gasteiger partial charge in [-0.1, -0.05) is 47.7 Å². The summed E-state index contributed by atoms with van der Waals surface area (Å²) in [7, 11) is -3.75. The van der Waals surface area contributed by atoms with Crippen molar-refractivity contribution in [2.75, 3.05) is 15.7 Å². The maximum atomic E-state index is 13.9. The summed E-state index contributed by atoms with van der Waals surface area (Å²) in [5.74, 6) is -0.273. The highest BCUT2D eigenvalue weighted by atomic mass is 32.2. The molecule has 0 fully saturated rings. The zero-order valence-corrected chi connectivity index (χ0v) is 23.2. The number of fused-ring (bicyclic) bond motifs is 2. The van der Waals surface area contributed by atoms with E-state index in [0.29, 0.717) is 29.3 Å². The second-order valence-electron chi connectivity index (χ2n) is 9.57. The first-order chi connectivity index (χ1) is 18.8. The number of thiazole rings is 1. The quantitative estimate of drug-likeness (QED) is 0.261. The third-order valence-electron chi connectivity index (χ3n) is 6.99. The number of carbonyl (C=O) groups excluding carboxylic acids is 1. The van der Waals surface area contributed by atoms with Crippen LogP contribution in [-0.4, -0.2) is 30.8 Å². The lowest BCUT2D eigenvalue weighted by Gasteiger charge is -2.21. The van der Waals surface area contributed by atoms with Crippen LogP contribution in [0.5, 0.6) is 0 Å². The van der Waals surface area contributed by atoms with Gasteiger partial charge in [0.1, 0.15) is 0 Å². The molecule has 5 aromatic rings. The first kappa shape index (κ1) is 25.2. The summed E-state index contributed by atoms with van der Waals surface area (Å²) in [6.07, 6.45) is 2.37. The molecule has 0 atom stereocenters. The molecule has 0 spiro atoms. The number of carbonyl (C=O) groups is 1. The summed E-state index contributed by atoms with van der Waals surface area (Å²) in [6.45, 7) is 4.68. The van der Waals surface area contributed by atoms with Crippen molar-refractivity contribution >= 4 is 48.3 Å².